The minimum Gasteiger partial charge on any atom is -0.380 e. The molecule has 20 heavy (non-hydrogen) atoms. The monoisotopic (exact) mass is 342 g/mol. The molecule has 1 fully saturated rings. The molecule has 1 aromatic carbocycles. The van der Waals surface area contributed by atoms with Gasteiger partial charge in [0.05, 0.1) is 26.4 Å². The third-order valence-electron chi connectivity index (χ3n) is 3.20. The molecular formula is C14H19BrN2O3. The number of halogens is 1. The molecule has 0 radical (unpaired) electrons. The van der Waals surface area contributed by atoms with E-state index in [1.807, 2.05) is 23.1 Å². The van der Waals surface area contributed by atoms with Crippen LogP contribution >= 0.6 is 15.9 Å². The predicted octanol–water partition coefficient (Wildman–Crippen LogP) is 1.87. The number of hydrogen-bond donors (Lipinski definition) is 1. The van der Waals surface area contributed by atoms with E-state index in [0.29, 0.717) is 32.9 Å². The van der Waals surface area contributed by atoms with Gasteiger partial charge in [-0.05, 0) is 12.1 Å². The number of carbonyl (C=O) groups excluding carboxylic acids is 1. The number of carbonyl (C=O) groups is 1. The molecule has 0 bridgehead atoms. The van der Waals surface area contributed by atoms with E-state index >= 15 is 0 Å². The Labute approximate surface area is 127 Å². The number of ether oxygens (including phenoxy) is 2. The highest BCUT2D eigenvalue weighted by Crippen LogP contribution is 2.25. The van der Waals surface area contributed by atoms with E-state index < -0.39 is 0 Å². The zero-order valence-electron chi connectivity index (χ0n) is 11.5. The highest BCUT2D eigenvalue weighted by molar-refractivity contribution is 9.10. The SMILES string of the molecule is COCc1c(Br)cccc1NCC(=O)N1CCOCC1. The van der Waals surface area contributed by atoms with Crippen LogP contribution in [0.3, 0.4) is 0 Å². The highest BCUT2D eigenvalue weighted by Gasteiger charge is 2.17. The van der Waals surface area contributed by atoms with Gasteiger partial charge < -0.3 is 19.7 Å². The highest BCUT2D eigenvalue weighted by atomic mass is 79.9. The smallest absolute Gasteiger partial charge is 0.242 e. The Bertz CT molecular complexity index is 462. The molecule has 1 aliphatic heterocycles. The molecule has 1 N–H and O–H groups in total. The molecule has 6 heteroatoms. The fourth-order valence-electron chi connectivity index (χ4n) is 2.11. The summed E-state index contributed by atoms with van der Waals surface area (Å²) in [6, 6.07) is 5.85. The number of benzene rings is 1. The van der Waals surface area contributed by atoms with Gasteiger partial charge in [0.15, 0.2) is 0 Å². The zero-order chi connectivity index (χ0) is 14.4. The fourth-order valence-corrected chi connectivity index (χ4v) is 2.59. The van der Waals surface area contributed by atoms with E-state index in [4.69, 9.17) is 9.47 Å². The maximum Gasteiger partial charge on any atom is 0.242 e. The Morgan fingerprint density at radius 2 is 2.20 bits per heavy atom. The maximum atomic E-state index is 12.1. The second kappa shape index (κ2) is 7.61. The van der Waals surface area contributed by atoms with Crippen molar-refractivity contribution in [2.75, 3.05) is 45.3 Å². The second-order valence-electron chi connectivity index (χ2n) is 4.55. The van der Waals surface area contributed by atoms with E-state index in [1.165, 1.54) is 0 Å². The van der Waals surface area contributed by atoms with Crippen molar-refractivity contribution in [3.05, 3.63) is 28.2 Å². The molecule has 0 aromatic heterocycles. The van der Waals surface area contributed by atoms with Crippen LogP contribution in [0.4, 0.5) is 5.69 Å². The number of hydrogen-bond acceptors (Lipinski definition) is 4. The lowest BCUT2D eigenvalue weighted by atomic mass is 10.2. The standard InChI is InChI=1S/C14H19BrN2O3/c1-19-10-11-12(15)3-2-4-13(11)16-9-14(18)17-5-7-20-8-6-17/h2-4,16H,5-10H2,1H3. The largest absolute Gasteiger partial charge is 0.380 e. The van der Waals surface area contributed by atoms with Crippen molar-refractivity contribution in [3.63, 3.8) is 0 Å². The van der Waals surface area contributed by atoms with Gasteiger partial charge in [0.2, 0.25) is 5.91 Å². The summed E-state index contributed by atoms with van der Waals surface area (Å²) in [5, 5.41) is 3.19. The summed E-state index contributed by atoms with van der Waals surface area (Å²) in [6.45, 7) is 3.37. The van der Waals surface area contributed by atoms with Crippen molar-refractivity contribution in [1.82, 2.24) is 4.90 Å². The molecule has 0 saturated carbocycles. The third-order valence-corrected chi connectivity index (χ3v) is 3.94. The average molecular weight is 343 g/mol. The Hall–Kier alpha value is -1.11. The molecule has 110 valence electrons. The number of morpholine rings is 1. The summed E-state index contributed by atoms with van der Waals surface area (Å²) in [5.74, 6) is 0.0941. The molecule has 0 aliphatic carbocycles. The van der Waals surface area contributed by atoms with Crippen molar-refractivity contribution in [1.29, 1.82) is 0 Å². The van der Waals surface area contributed by atoms with E-state index in [9.17, 15) is 4.79 Å². The molecule has 1 aliphatic rings. The Balaban J connectivity index is 1.96. The van der Waals surface area contributed by atoms with Crippen LogP contribution in [0.15, 0.2) is 22.7 Å². The lowest BCUT2D eigenvalue weighted by Gasteiger charge is -2.27. The van der Waals surface area contributed by atoms with Crippen LogP contribution in [0.25, 0.3) is 0 Å². The second-order valence-corrected chi connectivity index (χ2v) is 5.40. The Kier molecular flexibility index (Phi) is 5.82. The first-order valence-electron chi connectivity index (χ1n) is 6.58. The van der Waals surface area contributed by atoms with Gasteiger partial charge in [-0.3, -0.25) is 4.79 Å². The number of anilines is 1. The molecular weight excluding hydrogens is 324 g/mol. The van der Waals surface area contributed by atoms with Crippen molar-refractivity contribution in [3.8, 4) is 0 Å². The van der Waals surface area contributed by atoms with E-state index in [1.54, 1.807) is 7.11 Å². The number of rotatable bonds is 5. The lowest BCUT2D eigenvalue weighted by Crippen LogP contribution is -2.43. The summed E-state index contributed by atoms with van der Waals surface area (Å²) in [6.07, 6.45) is 0. The van der Waals surface area contributed by atoms with Gasteiger partial charge in [0.25, 0.3) is 0 Å². The summed E-state index contributed by atoms with van der Waals surface area (Å²) in [5.41, 5.74) is 1.94. The minimum absolute atomic E-state index is 0.0941. The lowest BCUT2D eigenvalue weighted by molar-refractivity contribution is -0.133. The molecule has 1 amide bonds. The zero-order valence-corrected chi connectivity index (χ0v) is 13.1. The van der Waals surface area contributed by atoms with Crippen LogP contribution in [0.1, 0.15) is 5.56 Å². The third kappa shape index (κ3) is 3.94. The van der Waals surface area contributed by atoms with Gasteiger partial charge >= 0.3 is 0 Å². The van der Waals surface area contributed by atoms with Gasteiger partial charge in [0.1, 0.15) is 0 Å². The normalized spacial score (nSPS) is 15.2. The summed E-state index contributed by atoms with van der Waals surface area (Å²) in [4.78, 5) is 13.9. The van der Waals surface area contributed by atoms with E-state index in [-0.39, 0.29) is 12.5 Å². The van der Waals surface area contributed by atoms with Crippen LogP contribution in [0.2, 0.25) is 0 Å². The quantitative estimate of drug-likeness (QED) is 0.887. The van der Waals surface area contributed by atoms with Crippen LogP contribution in [-0.2, 0) is 20.9 Å². The first-order valence-corrected chi connectivity index (χ1v) is 7.37. The molecule has 1 aromatic rings. The molecule has 0 unspecified atom stereocenters. The molecule has 1 heterocycles. The molecule has 5 nitrogen and oxygen atoms in total. The summed E-state index contributed by atoms with van der Waals surface area (Å²) < 4.78 is 11.4. The van der Waals surface area contributed by atoms with Crippen LogP contribution in [0, 0.1) is 0 Å². The van der Waals surface area contributed by atoms with Crippen LogP contribution < -0.4 is 5.32 Å². The van der Waals surface area contributed by atoms with Crippen molar-refractivity contribution in [2.24, 2.45) is 0 Å². The number of methoxy groups -OCH3 is 1. The predicted molar refractivity (Wildman–Crippen MR) is 80.7 cm³/mol. The van der Waals surface area contributed by atoms with E-state index in [0.717, 1.165) is 15.7 Å². The number of amides is 1. The van der Waals surface area contributed by atoms with Crippen LogP contribution in [0.5, 0.6) is 0 Å². The Morgan fingerprint density at radius 3 is 2.90 bits per heavy atom. The average Bonchev–Trinajstić information content (AvgIpc) is 2.48. The van der Waals surface area contributed by atoms with E-state index in [2.05, 4.69) is 21.2 Å². The fraction of sp³-hybridized carbons (Fsp3) is 0.500. The van der Waals surface area contributed by atoms with Crippen LogP contribution in [-0.4, -0.2) is 50.8 Å². The molecule has 0 atom stereocenters. The molecule has 0 spiro atoms. The van der Waals surface area contributed by atoms with Crippen molar-refractivity contribution in [2.45, 2.75) is 6.61 Å². The molecule has 1 saturated heterocycles. The topological polar surface area (TPSA) is 50.8 Å². The van der Waals surface area contributed by atoms with Gasteiger partial charge in [-0.15, -0.1) is 0 Å². The summed E-state index contributed by atoms with van der Waals surface area (Å²) >= 11 is 3.50. The van der Waals surface area contributed by atoms with Crippen molar-refractivity contribution >= 4 is 27.5 Å². The molecule has 2 rings (SSSR count). The maximum absolute atomic E-state index is 12.1. The Morgan fingerprint density at radius 1 is 1.45 bits per heavy atom. The summed E-state index contributed by atoms with van der Waals surface area (Å²) in [7, 11) is 1.65. The van der Waals surface area contributed by atoms with Gasteiger partial charge in [-0.25, -0.2) is 0 Å². The first kappa shape index (κ1) is 15.3. The van der Waals surface area contributed by atoms with Gasteiger partial charge in [0, 0.05) is 35.9 Å². The number of nitrogens with zero attached hydrogens (tertiary/aromatic N) is 1. The minimum atomic E-state index is 0.0941. The number of nitrogens with one attached hydrogen (secondary N) is 1. The van der Waals surface area contributed by atoms with Gasteiger partial charge in [-0.1, -0.05) is 22.0 Å². The van der Waals surface area contributed by atoms with Crippen molar-refractivity contribution < 1.29 is 14.3 Å². The van der Waals surface area contributed by atoms with Gasteiger partial charge in [-0.2, -0.15) is 0 Å². The first-order chi connectivity index (χ1) is 9.72.